The van der Waals surface area contributed by atoms with Crippen molar-refractivity contribution in [2.45, 2.75) is 16.7 Å². The van der Waals surface area contributed by atoms with E-state index in [0.29, 0.717) is 0 Å². The highest BCUT2D eigenvalue weighted by Crippen LogP contribution is 2.22. The molecule has 2 unspecified atom stereocenters. The minimum absolute atomic E-state index is 1.81. The fraction of sp³-hybridized carbons (Fsp3) is 0.500. The average molecular weight is 261 g/mol. The number of alkyl halides is 2. The quantitative estimate of drug-likeness (QED) is 0.257. The Labute approximate surface area is 92.8 Å². The lowest BCUT2D eigenvalue weighted by atomic mass is 10.1. The molecule has 0 heterocycles. The van der Waals surface area contributed by atoms with E-state index in [4.69, 9.17) is 43.6 Å². The summed E-state index contributed by atoms with van der Waals surface area (Å²) in [5, 5.41) is 34.4. The molecule has 15 heavy (non-hydrogen) atoms. The third-order valence-electron chi connectivity index (χ3n) is 1.30. The molecular formula is C6H6Cl2O7. The fourth-order valence-electron chi connectivity index (χ4n) is 0.539. The summed E-state index contributed by atoms with van der Waals surface area (Å²) in [4.78, 5) is 31.8. The van der Waals surface area contributed by atoms with E-state index in [9.17, 15) is 14.4 Å². The second kappa shape index (κ2) is 4.86. The minimum Gasteiger partial charge on any atom is -0.479 e. The number of rotatable bonds is 5. The number of aliphatic hydroxyl groups is 3. The Hall–Kier alpha value is -0.730. The van der Waals surface area contributed by atoms with Gasteiger partial charge in [-0.15, -0.1) is 0 Å². The Kier molecular flexibility index (Phi) is 4.63. The predicted octanol–water partition coefficient (Wildman–Crippen LogP) is -1.95. The van der Waals surface area contributed by atoms with Crippen molar-refractivity contribution in [3.8, 4) is 0 Å². The molecule has 0 saturated carbocycles. The summed E-state index contributed by atoms with van der Waals surface area (Å²) in [7, 11) is 0. The molecule has 0 aliphatic rings. The van der Waals surface area contributed by atoms with Gasteiger partial charge >= 0.3 is 5.97 Å². The van der Waals surface area contributed by atoms with Gasteiger partial charge in [-0.25, -0.2) is 4.79 Å². The van der Waals surface area contributed by atoms with Crippen LogP contribution in [-0.2, 0) is 14.4 Å². The molecule has 0 rings (SSSR count). The first-order valence-corrected chi connectivity index (χ1v) is 4.11. The monoisotopic (exact) mass is 260 g/mol. The van der Waals surface area contributed by atoms with E-state index in [2.05, 4.69) is 0 Å². The summed E-state index contributed by atoms with van der Waals surface area (Å²) in [5.74, 6) is -5.62. The lowest BCUT2D eigenvalue weighted by molar-refractivity contribution is -0.158. The number of aliphatic hydroxyl groups excluding tert-OH is 2. The maximum atomic E-state index is 10.9. The zero-order valence-electron chi connectivity index (χ0n) is 6.92. The number of hydrogen-bond acceptors (Lipinski definition) is 6. The standard InChI is InChI=1S/C6H6Cl2O7/c7-6(8,15)4(12)2(10)1(9)3(11)5(13)14/h3-4,11-12,15H,(H,13,14). The van der Waals surface area contributed by atoms with Crippen molar-refractivity contribution in [3.63, 3.8) is 0 Å². The van der Waals surface area contributed by atoms with Crippen LogP contribution in [0.2, 0.25) is 0 Å². The second-order valence-electron chi connectivity index (χ2n) is 2.46. The minimum atomic E-state index is -2.94. The van der Waals surface area contributed by atoms with Crippen LogP contribution in [0, 0.1) is 0 Å². The van der Waals surface area contributed by atoms with Crippen LogP contribution in [0.3, 0.4) is 0 Å². The van der Waals surface area contributed by atoms with E-state index in [0.717, 1.165) is 0 Å². The van der Waals surface area contributed by atoms with Crippen molar-refractivity contribution in [1.29, 1.82) is 0 Å². The predicted molar refractivity (Wildman–Crippen MR) is 46.3 cm³/mol. The highest BCUT2D eigenvalue weighted by atomic mass is 35.5. The number of ketones is 2. The molecule has 0 aliphatic carbocycles. The highest BCUT2D eigenvalue weighted by molar-refractivity contribution is 6.52. The number of carbonyl (C=O) groups is 3. The molecule has 0 spiro atoms. The van der Waals surface area contributed by atoms with Gasteiger partial charge in [-0.05, 0) is 0 Å². The van der Waals surface area contributed by atoms with Gasteiger partial charge in [0.05, 0.1) is 0 Å². The number of carbonyl (C=O) groups excluding carboxylic acids is 2. The van der Waals surface area contributed by atoms with E-state index in [1.165, 1.54) is 0 Å². The Bertz CT molecular complexity index is 294. The lowest BCUT2D eigenvalue weighted by Crippen LogP contribution is -2.46. The van der Waals surface area contributed by atoms with Crippen molar-refractivity contribution >= 4 is 40.7 Å². The van der Waals surface area contributed by atoms with Crippen LogP contribution < -0.4 is 0 Å². The summed E-state index contributed by atoms with van der Waals surface area (Å²) in [6.45, 7) is 0. The van der Waals surface area contributed by atoms with E-state index in [-0.39, 0.29) is 0 Å². The molecule has 0 aromatic rings. The molecule has 2 atom stereocenters. The van der Waals surface area contributed by atoms with E-state index in [1.54, 1.807) is 0 Å². The van der Waals surface area contributed by atoms with Gasteiger partial charge in [-0.3, -0.25) is 9.59 Å². The van der Waals surface area contributed by atoms with Crippen LogP contribution in [0.5, 0.6) is 0 Å². The van der Waals surface area contributed by atoms with Gasteiger partial charge in [0.25, 0.3) is 0 Å². The molecular weight excluding hydrogens is 255 g/mol. The van der Waals surface area contributed by atoms with Gasteiger partial charge in [0.1, 0.15) is 0 Å². The molecule has 86 valence electrons. The van der Waals surface area contributed by atoms with Crippen LogP contribution in [-0.4, -0.2) is 54.7 Å². The van der Waals surface area contributed by atoms with Gasteiger partial charge in [0.2, 0.25) is 22.2 Å². The van der Waals surface area contributed by atoms with Crippen molar-refractivity contribution < 1.29 is 34.8 Å². The Morgan fingerprint density at radius 3 is 1.73 bits per heavy atom. The van der Waals surface area contributed by atoms with Crippen molar-refractivity contribution in [3.05, 3.63) is 0 Å². The number of carboxylic acids is 1. The first-order valence-electron chi connectivity index (χ1n) is 3.36. The molecule has 0 aromatic carbocycles. The zero-order valence-corrected chi connectivity index (χ0v) is 8.44. The first kappa shape index (κ1) is 14.3. The first-order chi connectivity index (χ1) is 6.59. The molecule has 7 nitrogen and oxygen atoms in total. The summed E-state index contributed by atoms with van der Waals surface area (Å²) >= 11 is 9.75. The molecule has 0 bridgehead atoms. The molecule has 0 aliphatic heterocycles. The van der Waals surface area contributed by atoms with Gasteiger partial charge in [0, 0.05) is 0 Å². The van der Waals surface area contributed by atoms with Gasteiger partial charge in [-0.2, -0.15) is 0 Å². The maximum absolute atomic E-state index is 10.9. The van der Waals surface area contributed by atoms with Crippen molar-refractivity contribution in [1.82, 2.24) is 0 Å². The topological polar surface area (TPSA) is 132 Å². The summed E-state index contributed by atoms with van der Waals surface area (Å²) < 4.78 is -2.94. The summed E-state index contributed by atoms with van der Waals surface area (Å²) in [6, 6.07) is 0. The molecule has 9 heteroatoms. The van der Waals surface area contributed by atoms with Crippen LogP contribution >= 0.6 is 23.2 Å². The van der Waals surface area contributed by atoms with Crippen molar-refractivity contribution in [2.24, 2.45) is 0 Å². The molecule has 0 saturated heterocycles. The van der Waals surface area contributed by atoms with Crippen LogP contribution in [0.15, 0.2) is 0 Å². The Morgan fingerprint density at radius 1 is 1.07 bits per heavy atom. The number of hydrogen-bond donors (Lipinski definition) is 4. The van der Waals surface area contributed by atoms with Crippen LogP contribution in [0.25, 0.3) is 0 Å². The molecule has 0 radical (unpaired) electrons. The van der Waals surface area contributed by atoms with Gasteiger partial charge in [-0.1, -0.05) is 23.2 Å². The smallest absolute Gasteiger partial charge is 0.340 e. The van der Waals surface area contributed by atoms with Crippen LogP contribution in [0.1, 0.15) is 0 Å². The van der Waals surface area contributed by atoms with Gasteiger partial charge in [0.15, 0.2) is 6.10 Å². The number of aliphatic carboxylic acids is 1. The zero-order chi connectivity index (χ0) is 12.4. The SMILES string of the molecule is O=C(O)C(O)C(=O)C(=O)C(O)C(O)(Cl)Cl. The summed E-state index contributed by atoms with van der Waals surface area (Å²) in [6.07, 6.45) is -5.18. The van der Waals surface area contributed by atoms with Gasteiger partial charge < -0.3 is 20.4 Å². The highest BCUT2D eigenvalue weighted by Gasteiger charge is 2.42. The largest absolute Gasteiger partial charge is 0.479 e. The van der Waals surface area contributed by atoms with Crippen LogP contribution in [0.4, 0.5) is 0 Å². The number of halogens is 2. The molecule has 0 aromatic heterocycles. The van der Waals surface area contributed by atoms with Crippen molar-refractivity contribution in [2.75, 3.05) is 0 Å². The lowest BCUT2D eigenvalue weighted by Gasteiger charge is -2.17. The second-order valence-corrected chi connectivity index (χ2v) is 3.81. The molecule has 4 N–H and O–H groups in total. The number of carboxylic acid groups (broad SMARTS) is 1. The normalized spacial score (nSPS) is 15.5. The third-order valence-corrected chi connectivity index (χ3v) is 1.72. The fourth-order valence-corrected chi connectivity index (χ4v) is 0.738. The van der Waals surface area contributed by atoms with E-state index in [1.807, 2.05) is 0 Å². The average Bonchev–Trinajstić information content (AvgIpc) is 2.11. The molecule has 0 fully saturated rings. The third kappa shape index (κ3) is 3.73. The Morgan fingerprint density at radius 2 is 1.47 bits per heavy atom. The maximum Gasteiger partial charge on any atom is 0.340 e. The summed E-state index contributed by atoms with van der Waals surface area (Å²) in [5.41, 5.74) is 0. The Balaban J connectivity index is 4.74. The van der Waals surface area contributed by atoms with E-state index >= 15 is 0 Å². The molecule has 0 amide bonds. The number of Topliss-reactive ketones (excluding diaryl/α,β-unsaturated/α-hetero) is 2. The van der Waals surface area contributed by atoms with E-state index < -0.39 is 34.3 Å².